The van der Waals surface area contributed by atoms with Gasteiger partial charge in [-0.3, -0.25) is 0 Å². The Bertz CT molecular complexity index is 386. The van der Waals surface area contributed by atoms with Crippen LogP contribution >= 0.6 is 0 Å². The smallest absolute Gasteiger partial charge is 0.122 e. The van der Waals surface area contributed by atoms with Crippen LogP contribution in [0, 0.1) is 5.92 Å². The average molecular weight is 249 g/mol. The van der Waals surface area contributed by atoms with Crippen molar-refractivity contribution in [2.75, 3.05) is 13.7 Å². The summed E-state index contributed by atoms with van der Waals surface area (Å²) in [6.07, 6.45) is 3.50. The molecule has 1 aliphatic carbocycles. The lowest BCUT2D eigenvalue weighted by Gasteiger charge is -2.13. The van der Waals surface area contributed by atoms with Crippen LogP contribution in [0.15, 0.2) is 18.2 Å². The predicted molar refractivity (Wildman–Crippen MR) is 72.7 cm³/mol. The van der Waals surface area contributed by atoms with E-state index in [-0.39, 0.29) is 6.04 Å². The summed E-state index contributed by atoms with van der Waals surface area (Å²) in [4.78, 5) is 0. The lowest BCUT2D eigenvalue weighted by atomic mass is 10.0. The van der Waals surface area contributed by atoms with Gasteiger partial charge in [-0.2, -0.15) is 0 Å². The van der Waals surface area contributed by atoms with E-state index >= 15 is 0 Å². The highest BCUT2D eigenvalue weighted by molar-refractivity contribution is 5.37. The molecule has 1 fully saturated rings. The molecule has 0 saturated heterocycles. The third-order valence-electron chi connectivity index (χ3n) is 3.21. The third kappa shape index (κ3) is 4.00. The molecule has 1 aliphatic rings. The van der Waals surface area contributed by atoms with Gasteiger partial charge in [0.2, 0.25) is 0 Å². The van der Waals surface area contributed by atoms with Crippen LogP contribution in [0.4, 0.5) is 0 Å². The van der Waals surface area contributed by atoms with Gasteiger partial charge in [0.15, 0.2) is 0 Å². The van der Waals surface area contributed by atoms with Gasteiger partial charge < -0.3 is 15.2 Å². The molecule has 100 valence electrons. The molecule has 0 aliphatic heterocycles. The second kappa shape index (κ2) is 6.21. The highest BCUT2D eigenvalue weighted by atomic mass is 16.5. The highest BCUT2D eigenvalue weighted by Gasteiger charge is 2.21. The van der Waals surface area contributed by atoms with Crippen LogP contribution in [0.1, 0.15) is 30.9 Å². The maximum Gasteiger partial charge on any atom is 0.122 e. The second-order valence-electron chi connectivity index (χ2n) is 5.29. The number of nitrogens with two attached hydrogens (primary N) is 1. The number of methoxy groups -OCH3 is 1. The van der Waals surface area contributed by atoms with Gasteiger partial charge in [0.05, 0.1) is 13.7 Å². The molecule has 0 heterocycles. The zero-order valence-electron chi connectivity index (χ0n) is 11.3. The SMILES string of the molecule is COc1ccc(COCC2CC2)cc1CC(C)N. The zero-order chi connectivity index (χ0) is 13.0. The van der Waals surface area contributed by atoms with Crippen molar-refractivity contribution in [1.29, 1.82) is 0 Å². The summed E-state index contributed by atoms with van der Waals surface area (Å²) >= 11 is 0. The Hall–Kier alpha value is -1.06. The standard InChI is InChI=1S/C15H23NO2/c1-11(16)7-14-8-13(5-6-15(14)17-2)10-18-9-12-3-4-12/h5-6,8,11-12H,3-4,7,9-10,16H2,1-2H3. The van der Waals surface area contributed by atoms with Crippen LogP contribution in [0.3, 0.4) is 0 Å². The van der Waals surface area contributed by atoms with Crippen molar-refractivity contribution < 1.29 is 9.47 Å². The largest absolute Gasteiger partial charge is 0.496 e. The van der Waals surface area contributed by atoms with Crippen molar-refractivity contribution in [2.45, 2.75) is 38.8 Å². The zero-order valence-corrected chi connectivity index (χ0v) is 11.3. The summed E-state index contributed by atoms with van der Waals surface area (Å²) in [6.45, 7) is 3.59. The van der Waals surface area contributed by atoms with Gasteiger partial charge in [0.25, 0.3) is 0 Å². The van der Waals surface area contributed by atoms with E-state index in [1.807, 2.05) is 13.0 Å². The summed E-state index contributed by atoms with van der Waals surface area (Å²) in [5, 5.41) is 0. The summed E-state index contributed by atoms with van der Waals surface area (Å²) < 4.78 is 11.1. The van der Waals surface area contributed by atoms with Crippen molar-refractivity contribution in [3.8, 4) is 5.75 Å². The molecule has 1 unspecified atom stereocenters. The monoisotopic (exact) mass is 249 g/mol. The Morgan fingerprint density at radius 2 is 2.17 bits per heavy atom. The molecule has 3 heteroatoms. The van der Waals surface area contributed by atoms with E-state index in [0.29, 0.717) is 6.61 Å². The number of hydrogen-bond acceptors (Lipinski definition) is 3. The number of ether oxygens (including phenoxy) is 2. The van der Waals surface area contributed by atoms with Gasteiger partial charge in [0.1, 0.15) is 5.75 Å². The van der Waals surface area contributed by atoms with Crippen molar-refractivity contribution >= 4 is 0 Å². The maximum atomic E-state index is 5.86. The molecule has 2 rings (SSSR count). The van der Waals surface area contributed by atoms with E-state index in [2.05, 4.69) is 12.1 Å². The molecule has 18 heavy (non-hydrogen) atoms. The topological polar surface area (TPSA) is 44.5 Å². The minimum Gasteiger partial charge on any atom is -0.496 e. The molecular weight excluding hydrogens is 226 g/mol. The first kappa shape index (κ1) is 13.4. The van der Waals surface area contributed by atoms with Crippen LogP contribution in [0.5, 0.6) is 5.75 Å². The minimum atomic E-state index is 0.140. The summed E-state index contributed by atoms with van der Waals surface area (Å²) in [6, 6.07) is 6.36. The summed E-state index contributed by atoms with van der Waals surface area (Å²) in [5.74, 6) is 1.73. The Labute approximate surface area is 109 Å². The Kier molecular flexibility index (Phi) is 4.61. The Balaban J connectivity index is 1.96. The van der Waals surface area contributed by atoms with Crippen LogP contribution in [0.25, 0.3) is 0 Å². The molecule has 1 atom stereocenters. The fourth-order valence-corrected chi connectivity index (χ4v) is 2.06. The lowest BCUT2D eigenvalue weighted by Crippen LogP contribution is -2.18. The number of rotatable bonds is 7. The van der Waals surface area contributed by atoms with E-state index in [9.17, 15) is 0 Å². The molecule has 3 nitrogen and oxygen atoms in total. The van der Waals surface area contributed by atoms with Gasteiger partial charge in [-0.15, -0.1) is 0 Å². The van der Waals surface area contributed by atoms with E-state index in [4.69, 9.17) is 15.2 Å². The van der Waals surface area contributed by atoms with E-state index < -0.39 is 0 Å². The van der Waals surface area contributed by atoms with Crippen molar-refractivity contribution in [3.63, 3.8) is 0 Å². The van der Waals surface area contributed by atoms with Crippen molar-refractivity contribution in [3.05, 3.63) is 29.3 Å². The molecule has 1 aromatic rings. The second-order valence-corrected chi connectivity index (χ2v) is 5.29. The predicted octanol–water partition coefficient (Wildman–Crippen LogP) is 2.51. The summed E-state index contributed by atoms with van der Waals surface area (Å²) in [5.41, 5.74) is 8.23. The van der Waals surface area contributed by atoms with Crippen LogP contribution in [-0.4, -0.2) is 19.8 Å². The molecule has 0 aromatic heterocycles. The fourth-order valence-electron chi connectivity index (χ4n) is 2.06. The molecule has 0 spiro atoms. The molecule has 1 saturated carbocycles. The van der Waals surface area contributed by atoms with Crippen LogP contribution in [-0.2, 0) is 17.8 Å². The Morgan fingerprint density at radius 1 is 1.39 bits per heavy atom. The maximum absolute atomic E-state index is 5.86. The number of hydrogen-bond donors (Lipinski definition) is 1. The normalized spacial score (nSPS) is 16.6. The molecule has 1 aromatic carbocycles. The third-order valence-corrected chi connectivity index (χ3v) is 3.21. The van der Waals surface area contributed by atoms with Crippen molar-refractivity contribution in [2.24, 2.45) is 11.7 Å². The van der Waals surface area contributed by atoms with Gasteiger partial charge in [-0.05, 0) is 55.4 Å². The van der Waals surface area contributed by atoms with Gasteiger partial charge in [0, 0.05) is 12.6 Å². The van der Waals surface area contributed by atoms with Gasteiger partial charge >= 0.3 is 0 Å². The van der Waals surface area contributed by atoms with E-state index in [0.717, 1.165) is 24.7 Å². The number of benzene rings is 1. The first-order valence-electron chi connectivity index (χ1n) is 6.68. The molecule has 0 radical (unpaired) electrons. The van der Waals surface area contributed by atoms with Crippen LogP contribution < -0.4 is 10.5 Å². The Morgan fingerprint density at radius 3 is 2.78 bits per heavy atom. The summed E-state index contributed by atoms with van der Waals surface area (Å²) in [7, 11) is 1.70. The first-order valence-corrected chi connectivity index (χ1v) is 6.68. The highest BCUT2D eigenvalue weighted by Crippen LogP contribution is 2.29. The first-order chi connectivity index (χ1) is 8.69. The average Bonchev–Trinajstić information content (AvgIpc) is 3.13. The minimum absolute atomic E-state index is 0.140. The lowest BCUT2D eigenvalue weighted by molar-refractivity contribution is 0.111. The van der Waals surface area contributed by atoms with Gasteiger partial charge in [-0.1, -0.05) is 6.07 Å². The molecule has 0 amide bonds. The van der Waals surface area contributed by atoms with E-state index in [1.165, 1.54) is 24.0 Å². The molecular formula is C15H23NO2. The van der Waals surface area contributed by atoms with Crippen LogP contribution in [0.2, 0.25) is 0 Å². The van der Waals surface area contributed by atoms with Crippen molar-refractivity contribution in [1.82, 2.24) is 0 Å². The van der Waals surface area contributed by atoms with Gasteiger partial charge in [-0.25, -0.2) is 0 Å². The molecule has 0 bridgehead atoms. The fraction of sp³-hybridized carbons (Fsp3) is 0.600. The molecule has 2 N–H and O–H groups in total. The quantitative estimate of drug-likeness (QED) is 0.807. The van der Waals surface area contributed by atoms with E-state index in [1.54, 1.807) is 7.11 Å².